The van der Waals surface area contributed by atoms with Crippen LogP contribution >= 0.6 is 0 Å². The number of nitrogens with zero attached hydrogens (tertiary/aromatic N) is 9. The Hall–Kier alpha value is -6.94. The second kappa shape index (κ2) is 15.2. The fourth-order valence-electron chi connectivity index (χ4n) is 7.02. The number of aryl methyl sites for hydroxylation is 2. The molecule has 2 aromatic carbocycles. The van der Waals surface area contributed by atoms with E-state index in [1.165, 1.54) is 0 Å². The quantitative estimate of drug-likeness (QED) is 0.133. The van der Waals surface area contributed by atoms with E-state index in [2.05, 4.69) is 88.4 Å². The molecule has 0 bridgehead atoms. The zero-order chi connectivity index (χ0) is 37.9. The first-order valence-electron chi connectivity index (χ1n) is 18.5. The minimum absolute atomic E-state index is 0.0770. The van der Waals surface area contributed by atoms with Gasteiger partial charge >= 0.3 is 0 Å². The van der Waals surface area contributed by atoms with Crippen molar-refractivity contribution >= 4 is 44.8 Å². The van der Waals surface area contributed by atoms with Crippen molar-refractivity contribution in [3.8, 4) is 11.4 Å². The number of aromatic nitrogens is 9. The molecule has 10 heteroatoms. The van der Waals surface area contributed by atoms with Gasteiger partial charge in [0.15, 0.2) is 22.8 Å². The minimum Gasteiger partial charge on any atom is -0.375 e. The lowest BCUT2D eigenvalue weighted by Gasteiger charge is -2.18. The molecule has 0 saturated carbocycles. The first-order chi connectivity index (χ1) is 27.0. The van der Waals surface area contributed by atoms with Crippen molar-refractivity contribution in [2.24, 2.45) is 0 Å². The van der Waals surface area contributed by atoms with Gasteiger partial charge in [-0.2, -0.15) is 0 Å². The summed E-state index contributed by atoms with van der Waals surface area (Å²) in [5.74, 6) is 2.32. The Bertz CT molecular complexity index is 2790. The summed E-state index contributed by atoms with van der Waals surface area (Å²) in [6.07, 6.45) is 17.9. The van der Waals surface area contributed by atoms with Gasteiger partial charge in [-0.15, -0.1) is 0 Å². The molecule has 1 N–H and O–H groups in total. The highest BCUT2D eigenvalue weighted by Crippen LogP contribution is 2.31. The molecule has 6 heterocycles. The maximum Gasteiger partial charge on any atom is 0.164 e. The van der Waals surface area contributed by atoms with Gasteiger partial charge in [-0.1, -0.05) is 66.8 Å². The number of fused-ring (bicyclic) bond motifs is 3. The molecule has 0 aliphatic rings. The normalized spacial score (nSPS) is 13.3. The standard InChI is InChI=1S/C45H42N10/c1-6-8-9-19-32(5)53-42-35(21-15-25-46-42)52-45(53)37(49-29-40-50-34-20-14-26-47-43(34)54(40)38-23-12-10-17-30(38)3)28-33(7-2)41-51-36-22-16-27-48-44(36)55(41)39-24-13-11-18-31(39)4/h6-28,32,49H,29H2,1-5H3/b8-6-,19-9-,33-7+,37-28-. The molecular formula is C45H42N10. The molecule has 0 saturated heterocycles. The average molecular weight is 723 g/mol. The second-order valence-electron chi connectivity index (χ2n) is 13.4. The Morgan fingerprint density at radius 1 is 0.655 bits per heavy atom. The summed E-state index contributed by atoms with van der Waals surface area (Å²) in [4.78, 5) is 29.9. The number of nitrogens with one attached hydrogen (secondary N) is 1. The van der Waals surface area contributed by atoms with E-state index in [0.29, 0.717) is 6.54 Å². The highest BCUT2D eigenvalue weighted by atomic mass is 15.2. The molecular weight excluding hydrogens is 681 g/mol. The highest BCUT2D eigenvalue weighted by Gasteiger charge is 2.23. The van der Waals surface area contributed by atoms with Crippen molar-refractivity contribution in [1.82, 2.24) is 48.9 Å². The number of hydrogen-bond donors (Lipinski definition) is 1. The van der Waals surface area contributed by atoms with Crippen LogP contribution in [0.1, 0.15) is 55.4 Å². The Labute approximate surface area is 320 Å². The van der Waals surface area contributed by atoms with Crippen LogP contribution in [0.15, 0.2) is 140 Å². The number of rotatable bonds is 11. The van der Waals surface area contributed by atoms with E-state index >= 15 is 0 Å². The SMILES string of the molecule is C/C=C\C=C/C(C)n1c(/C(=C/C(=C\C)c2nc3cccnc3n2-c2ccccc2C)NCc2nc3cccnc3n2-c2ccccc2C)nc2cccnc21. The molecule has 8 rings (SSSR count). The third kappa shape index (κ3) is 6.63. The fraction of sp³-hybridized carbons (Fsp3) is 0.156. The van der Waals surface area contributed by atoms with E-state index in [1.807, 2.05) is 105 Å². The van der Waals surface area contributed by atoms with Gasteiger partial charge in [-0.3, -0.25) is 9.13 Å². The van der Waals surface area contributed by atoms with Crippen molar-refractivity contribution in [3.05, 3.63) is 169 Å². The summed E-state index contributed by atoms with van der Waals surface area (Å²) in [6.45, 7) is 10.8. The van der Waals surface area contributed by atoms with Crippen LogP contribution in [-0.4, -0.2) is 43.6 Å². The van der Waals surface area contributed by atoms with Crippen LogP contribution in [-0.2, 0) is 6.54 Å². The van der Waals surface area contributed by atoms with Crippen molar-refractivity contribution in [1.29, 1.82) is 0 Å². The number of benzene rings is 2. The summed E-state index contributed by atoms with van der Waals surface area (Å²) < 4.78 is 6.46. The topological polar surface area (TPSA) is 104 Å². The summed E-state index contributed by atoms with van der Waals surface area (Å²) in [5.41, 5.74) is 10.7. The third-order valence-corrected chi connectivity index (χ3v) is 9.71. The average Bonchev–Trinajstić information content (AvgIpc) is 3.90. The molecule has 10 nitrogen and oxygen atoms in total. The largest absolute Gasteiger partial charge is 0.375 e. The Kier molecular flexibility index (Phi) is 9.70. The lowest BCUT2D eigenvalue weighted by atomic mass is 10.1. The van der Waals surface area contributed by atoms with Gasteiger partial charge in [-0.25, -0.2) is 29.9 Å². The zero-order valence-electron chi connectivity index (χ0n) is 31.6. The maximum atomic E-state index is 5.24. The van der Waals surface area contributed by atoms with Gasteiger partial charge in [0, 0.05) is 24.2 Å². The molecule has 6 aromatic heterocycles. The summed E-state index contributed by atoms with van der Waals surface area (Å²) in [5, 5.41) is 3.81. The van der Waals surface area contributed by atoms with Crippen LogP contribution in [0.5, 0.6) is 0 Å². The van der Waals surface area contributed by atoms with Crippen molar-refractivity contribution in [2.45, 2.75) is 47.2 Å². The van der Waals surface area contributed by atoms with Gasteiger partial charge in [0.25, 0.3) is 0 Å². The summed E-state index contributed by atoms with van der Waals surface area (Å²) >= 11 is 0. The van der Waals surface area contributed by atoms with Crippen LogP contribution < -0.4 is 5.32 Å². The number of pyridine rings is 3. The van der Waals surface area contributed by atoms with Crippen LogP contribution in [0, 0.1) is 13.8 Å². The predicted molar refractivity (Wildman–Crippen MR) is 222 cm³/mol. The molecule has 55 heavy (non-hydrogen) atoms. The number of allylic oxidation sites excluding steroid dienone is 7. The van der Waals surface area contributed by atoms with Crippen LogP contribution in [0.3, 0.4) is 0 Å². The molecule has 0 aliphatic heterocycles. The van der Waals surface area contributed by atoms with Crippen molar-refractivity contribution in [2.75, 3.05) is 0 Å². The molecule has 0 aliphatic carbocycles. The number of hydrogen-bond acceptors (Lipinski definition) is 7. The van der Waals surface area contributed by atoms with E-state index in [0.717, 1.165) is 84.7 Å². The Morgan fingerprint density at radius 3 is 1.85 bits per heavy atom. The zero-order valence-corrected chi connectivity index (χ0v) is 31.6. The fourth-order valence-corrected chi connectivity index (χ4v) is 7.02. The lowest BCUT2D eigenvalue weighted by molar-refractivity contribution is 0.657. The Morgan fingerprint density at radius 2 is 1.22 bits per heavy atom. The van der Waals surface area contributed by atoms with Crippen LogP contribution in [0.4, 0.5) is 0 Å². The molecule has 0 amide bonds. The van der Waals surface area contributed by atoms with E-state index in [4.69, 9.17) is 29.9 Å². The van der Waals surface area contributed by atoms with E-state index in [9.17, 15) is 0 Å². The smallest absolute Gasteiger partial charge is 0.164 e. The molecule has 8 aromatic rings. The predicted octanol–water partition coefficient (Wildman–Crippen LogP) is 9.44. The van der Waals surface area contributed by atoms with E-state index in [-0.39, 0.29) is 6.04 Å². The van der Waals surface area contributed by atoms with Gasteiger partial charge in [0.2, 0.25) is 0 Å². The monoisotopic (exact) mass is 722 g/mol. The first-order valence-corrected chi connectivity index (χ1v) is 18.5. The van der Waals surface area contributed by atoms with Crippen molar-refractivity contribution < 1.29 is 0 Å². The summed E-state index contributed by atoms with van der Waals surface area (Å²) in [6, 6.07) is 28.3. The third-order valence-electron chi connectivity index (χ3n) is 9.71. The lowest BCUT2D eigenvalue weighted by Crippen LogP contribution is -2.20. The molecule has 272 valence electrons. The Balaban J connectivity index is 1.34. The number of imidazole rings is 3. The van der Waals surface area contributed by atoms with Crippen LogP contribution in [0.25, 0.3) is 56.1 Å². The van der Waals surface area contributed by atoms with Crippen LogP contribution in [0.2, 0.25) is 0 Å². The van der Waals surface area contributed by atoms with E-state index in [1.54, 1.807) is 0 Å². The first kappa shape index (κ1) is 35.1. The molecule has 0 radical (unpaired) electrons. The van der Waals surface area contributed by atoms with Gasteiger partial charge in [0.05, 0.1) is 29.7 Å². The highest BCUT2D eigenvalue weighted by molar-refractivity contribution is 5.87. The second-order valence-corrected chi connectivity index (χ2v) is 13.4. The maximum absolute atomic E-state index is 5.24. The van der Waals surface area contributed by atoms with Gasteiger partial charge in [-0.05, 0) is 100 Å². The van der Waals surface area contributed by atoms with E-state index < -0.39 is 0 Å². The van der Waals surface area contributed by atoms with Gasteiger partial charge in [0.1, 0.15) is 28.2 Å². The molecule has 0 spiro atoms. The molecule has 1 atom stereocenters. The number of para-hydroxylation sites is 2. The van der Waals surface area contributed by atoms with Gasteiger partial charge < -0.3 is 9.88 Å². The minimum atomic E-state index is -0.0770. The molecule has 1 unspecified atom stereocenters. The van der Waals surface area contributed by atoms with Crippen molar-refractivity contribution in [3.63, 3.8) is 0 Å². The summed E-state index contributed by atoms with van der Waals surface area (Å²) in [7, 11) is 0. The molecule has 0 fully saturated rings.